The maximum atomic E-state index is 13.7. The standard InChI is InChI=1S/C24H16Cl3N5O2/c1-12(31-23-18-21(33)16(26)10-28-22(18)29-11-30-23)20-19(27)14-8-5-9-15(25)17(14)24(34)32(20)13-6-3-2-4-7-13/h2-12H,1H3,(H2,28,29,30,31,33)/t12-/m0/s1. The Bertz CT molecular complexity index is 1680. The van der Waals surface area contributed by atoms with Crippen LogP contribution in [-0.4, -0.2) is 19.5 Å². The van der Waals surface area contributed by atoms with Gasteiger partial charge in [0, 0.05) is 17.3 Å². The Balaban J connectivity index is 1.77. The lowest BCUT2D eigenvalue weighted by Crippen LogP contribution is -2.27. The number of aromatic amines is 1. The van der Waals surface area contributed by atoms with E-state index in [2.05, 4.69) is 20.3 Å². The van der Waals surface area contributed by atoms with Crippen LogP contribution in [0.15, 0.2) is 70.6 Å². The van der Waals surface area contributed by atoms with E-state index in [1.807, 2.05) is 25.1 Å². The van der Waals surface area contributed by atoms with Crippen LogP contribution in [0.5, 0.6) is 0 Å². The van der Waals surface area contributed by atoms with E-state index in [1.165, 1.54) is 17.1 Å². The number of para-hydroxylation sites is 1. The van der Waals surface area contributed by atoms with Gasteiger partial charge in [-0.25, -0.2) is 9.97 Å². The Kier molecular flexibility index (Phi) is 5.77. The highest BCUT2D eigenvalue weighted by atomic mass is 35.5. The molecule has 0 saturated carbocycles. The first kappa shape index (κ1) is 22.4. The van der Waals surface area contributed by atoms with Gasteiger partial charge < -0.3 is 10.3 Å². The summed E-state index contributed by atoms with van der Waals surface area (Å²) in [4.78, 5) is 37.7. The summed E-state index contributed by atoms with van der Waals surface area (Å²) < 4.78 is 1.52. The molecular weight excluding hydrogens is 497 g/mol. The van der Waals surface area contributed by atoms with Crippen LogP contribution < -0.4 is 16.3 Å². The molecule has 0 saturated heterocycles. The van der Waals surface area contributed by atoms with Crippen molar-refractivity contribution < 1.29 is 0 Å². The summed E-state index contributed by atoms with van der Waals surface area (Å²) in [5.74, 6) is 0.260. The molecule has 2 N–H and O–H groups in total. The predicted octanol–water partition coefficient (Wildman–Crippen LogP) is 5.76. The van der Waals surface area contributed by atoms with Crippen LogP contribution in [0.1, 0.15) is 18.7 Å². The average Bonchev–Trinajstić information content (AvgIpc) is 2.84. The third-order valence-corrected chi connectivity index (χ3v) is 6.53. The molecule has 2 aromatic carbocycles. The molecule has 0 amide bonds. The normalized spacial score (nSPS) is 12.2. The molecule has 3 heterocycles. The third kappa shape index (κ3) is 3.62. The lowest BCUT2D eigenvalue weighted by molar-refractivity contribution is 0.774. The maximum Gasteiger partial charge on any atom is 0.264 e. The number of H-pyrrole nitrogens is 1. The molecule has 3 aromatic heterocycles. The number of anilines is 1. The van der Waals surface area contributed by atoms with Crippen molar-refractivity contribution in [1.82, 2.24) is 19.5 Å². The second kappa shape index (κ2) is 8.76. The molecule has 0 unspecified atom stereocenters. The van der Waals surface area contributed by atoms with Crippen molar-refractivity contribution in [2.24, 2.45) is 0 Å². The maximum absolute atomic E-state index is 13.7. The molecule has 7 nitrogen and oxygen atoms in total. The van der Waals surface area contributed by atoms with Gasteiger partial charge in [-0.3, -0.25) is 14.2 Å². The molecule has 34 heavy (non-hydrogen) atoms. The Labute approximate surface area is 208 Å². The van der Waals surface area contributed by atoms with E-state index in [0.717, 1.165) is 0 Å². The van der Waals surface area contributed by atoms with Crippen molar-refractivity contribution in [3.05, 3.63) is 102 Å². The predicted molar refractivity (Wildman–Crippen MR) is 137 cm³/mol. The average molecular weight is 513 g/mol. The van der Waals surface area contributed by atoms with Crippen LogP contribution >= 0.6 is 34.8 Å². The molecule has 0 fully saturated rings. The smallest absolute Gasteiger partial charge is 0.264 e. The number of pyridine rings is 2. The van der Waals surface area contributed by atoms with E-state index in [9.17, 15) is 9.59 Å². The Morgan fingerprint density at radius 3 is 2.47 bits per heavy atom. The fourth-order valence-corrected chi connectivity index (χ4v) is 4.82. The van der Waals surface area contributed by atoms with E-state index in [-0.39, 0.29) is 21.8 Å². The van der Waals surface area contributed by atoms with Crippen molar-refractivity contribution in [1.29, 1.82) is 0 Å². The fraction of sp³-hybridized carbons (Fsp3) is 0.0833. The van der Waals surface area contributed by atoms with E-state index in [1.54, 1.807) is 30.3 Å². The zero-order valence-electron chi connectivity index (χ0n) is 17.6. The summed E-state index contributed by atoms with van der Waals surface area (Å²) >= 11 is 19.3. The number of benzene rings is 2. The number of aromatic nitrogens is 4. The zero-order chi connectivity index (χ0) is 24.0. The number of nitrogens with one attached hydrogen (secondary N) is 2. The van der Waals surface area contributed by atoms with Gasteiger partial charge in [0.2, 0.25) is 5.43 Å². The van der Waals surface area contributed by atoms with E-state index in [4.69, 9.17) is 34.8 Å². The monoisotopic (exact) mass is 511 g/mol. The first-order chi connectivity index (χ1) is 16.4. The molecule has 10 heteroatoms. The van der Waals surface area contributed by atoms with Crippen LogP contribution in [0.25, 0.3) is 27.5 Å². The molecule has 1 atom stereocenters. The van der Waals surface area contributed by atoms with Gasteiger partial charge in [-0.1, -0.05) is 65.1 Å². The molecule has 5 aromatic rings. The van der Waals surface area contributed by atoms with Gasteiger partial charge in [-0.15, -0.1) is 0 Å². The highest BCUT2D eigenvalue weighted by Gasteiger charge is 2.24. The summed E-state index contributed by atoms with van der Waals surface area (Å²) in [5, 5.41) is 4.95. The quantitative estimate of drug-likeness (QED) is 0.320. The molecule has 170 valence electrons. The zero-order valence-corrected chi connectivity index (χ0v) is 19.9. The second-order valence-electron chi connectivity index (χ2n) is 7.62. The minimum Gasteiger partial charge on any atom is -0.361 e. The lowest BCUT2D eigenvalue weighted by atomic mass is 10.1. The van der Waals surface area contributed by atoms with E-state index < -0.39 is 11.5 Å². The van der Waals surface area contributed by atoms with Crippen LogP contribution in [0, 0.1) is 0 Å². The highest BCUT2D eigenvalue weighted by Crippen LogP contribution is 2.35. The molecule has 0 bridgehead atoms. The summed E-state index contributed by atoms with van der Waals surface area (Å²) in [6.07, 6.45) is 2.71. The van der Waals surface area contributed by atoms with Crippen molar-refractivity contribution in [2.45, 2.75) is 13.0 Å². The number of halogens is 3. The molecule has 0 aliphatic carbocycles. The van der Waals surface area contributed by atoms with Gasteiger partial charge in [-0.2, -0.15) is 0 Å². The first-order valence-electron chi connectivity index (χ1n) is 10.2. The summed E-state index contributed by atoms with van der Waals surface area (Å²) in [7, 11) is 0. The van der Waals surface area contributed by atoms with E-state index in [0.29, 0.717) is 37.8 Å². The van der Waals surface area contributed by atoms with Crippen molar-refractivity contribution >= 4 is 62.4 Å². The first-order valence-corrected chi connectivity index (χ1v) is 11.4. The third-order valence-electron chi connectivity index (χ3n) is 5.54. The highest BCUT2D eigenvalue weighted by molar-refractivity contribution is 6.40. The molecule has 5 rings (SSSR count). The molecule has 0 radical (unpaired) electrons. The Morgan fingerprint density at radius 1 is 0.941 bits per heavy atom. The Morgan fingerprint density at radius 2 is 1.71 bits per heavy atom. The van der Waals surface area contributed by atoms with E-state index >= 15 is 0 Å². The van der Waals surface area contributed by atoms with Crippen LogP contribution in [-0.2, 0) is 0 Å². The number of nitrogens with zero attached hydrogens (tertiary/aromatic N) is 3. The number of rotatable bonds is 4. The topological polar surface area (TPSA) is 92.7 Å². The number of hydrogen-bond donors (Lipinski definition) is 2. The van der Waals surface area contributed by atoms with Gasteiger partial charge in [-0.05, 0) is 25.1 Å². The van der Waals surface area contributed by atoms with Gasteiger partial charge in [0.05, 0.1) is 27.2 Å². The van der Waals surface area contributed by atoms with Gasteiger partial charge >= 0.3 is 0 Å². The molecule has 0 aliphatic rings. The number of fused-ring (bicyclic) bond motifs is 2. The SMILES string of the molecule is C[C@H](Nc1ncnc2[nH]cc(Cl)c(=O)c12)c1c(Cl)c2cccc(Cl)c2c(=O)n1-c1ccccc1. The van der Waals surface area contributed by atoms with Crippen LogP contribution in [0.3, 0.4) is 0 Å². The summed E-state index contributed by atoms with van der Waals surface area (Å²) in [6.45, 7) is 1.82. The number of hydrogen-bond acceptors (Lipinski definition) is 5. The van der Waals surface area contributed by atoms with Crippen molar-refractivity contribution in [3.63, 3.8) is 0 Å². The largest absolute Gasteiger partial charge is 0.361 e. The second-order valence-corrected chi connectivity index (χ2v) is 8.81. The van der Waals surface area contributed by atoms with Crippen LogP contribution in [0.2, 0.25) is 15.1 Å². The fourth-order valence-electron chi connectivity index (χ4n) is 4.01. The minimum absolute atomic E-state index is 0.0116. The molecule has 0 spiro atoms. The summed E-state index contributed by atoms with van der Waals surface area (Å²) in [5.41, 5.74) is 0.706. The van der Waals surface area contributed by atoms with Crippen molar-refractivity contribution in [3.8, 4) is 5.69 Å². The van der Waals surface area contributed by atoms with Gasteiger partial charge in [0.25, 0.3) is 5.56 Å². The summed E-state index contributed by atoms with van der Waals surface area (Å²) in [6, 6.07) is 13.7. The Hall–Kier alpha value is -3.39. The minimum atomic E-state index is -0.555. The van der Waals surface area contributed by atoms with Crippen molar-refractivity contribution in [2.75, 3.05) is 5.32 Å². The lowest BCUT2D eigenvalue weighted by Gasteiger charge is -2.23. The van der Waals surface area contributed by atoms with Gasteiger partial charge in [0.15, 0.2) is 0 Å². The molecular formula is C24H16Cl3N5O2. The van der Waals surface area contributed by atoms with Gasteiger partial charge in [0.1, 0.15) is 28.2 Å². The molecule has 0 aliphatic heterocycles. The van der Waals surface area contributed by atoms with Crippen LogP contribution in [0.4, 0.5) is 5.82 Å².